The van der Waals surface area contributed by atoms with Crippen LogP contribution in [0.1, 0.15) is 110 Å². The van der Waals surface area contributed by atoms with Crippen LogP contribution in [0.15, 0.2) is 0 Å². The van der Waals surface area contributed by atoms with Gasteiger partial charge in [0.2, 0.25) is 0 Å². The lowest BCUT2D eigenvalue weighted by molar-refractivity contribution is 0.220. The first-order chi connectivity index (χ1) is 11.7. The van der Waals surface area contributed by atoms with Crippen LogP contribution >= 0.6 is 0 Å². The Morgan fingerprint density at radius 3 is 1.46 bits per heavy atom. The van der Waals surface area contributed by atoms with E-state index in [2.05, 4.69) is 13.8 Å². The van der Waals surface area contributed by atoms with Crippen molar-refractivity contribution < 1.29 is 9.47 Å². The highest BCUT2D eigenvalue weighted by Crippen LogP contribution is 2.36. The van der Waals surface area contributed by atoms with E-state index >= 15 is 0 Å². The monoisotopic (exact) mass is 338 g/mol. The molecule has 2 atom stereocenters. The van der Waals surface area contributed by atoms with Gasteiger partial charge in [0.25, 0.3) is 0 Å². The lowest BCUT2D eigenvalue weighted by atomic mass is 9.84. The van der Waals surface area contributed by atoms with Crippen molar-refractivity contribution in [1.29, 1.82) is 0 Å². The van der Waals surface area contributed by atoms with Gasteiger partial charge in [-0.2, -0.15) is 0 Å². The quantitative estimate of drug-likeness (QED) is 0.219. The summed E-state index contributed by atoms with van der Waals surface area (Å²) in [5.74, 6) is 0. The number of rotatable bonds is 17. The molecule has 2 aliphatic rings. The van der Waals surface area contributed by atoms with Crippen LogP contribution in [0.25, 0.3) is 0 Å². The van der Waals surface area contributed by atoms with Crippen LogP contribution in [0.3, 0.4) is 0 Å². The Kier molecular flexibility index (Phi) is 9.71. The van der Waals surface area contributed by atoms with Crippen LogP contribution in [0.5, 0.6) is 0 Å². The molecule has 0 saturated carbocycles. The van der Waals surface area contributed by atoms with E-state index in [0.717, 1.165) is 13.2 Å². The van der Waals surface area contributed by atoms with Gasteiger partial charge in [-0.1, -0.05) is 97.3 Å². The lowest BCUT2D eigenvalue weighted by Gasteiger charge is -2.21. The molecule has 24 heavy (non-hydrogen) atoms. The zero-order valence-corrected chi connectivity index (χ0v) is 16.5. The van der Waals surface area contributed by atoms with Crippen LogP contribution in [0, 0.1) is 5.41 Å². The van der Waals surface area contributed by atoms with Crippen LogP contribution in [-0.4, -0.2) is 25.4 Å². The minimum Gasteiger partial charge on any atom is -0.373 e. The molecule has 2 rings (SSSR count). The lowest BCUT2D eigenvalue weighted by Crippen LogP contribution is -2.18. The third-order valence-corrected chi connectivity index (χ3v) is 5.95. The van der Waals surface area contributed by atoms with Gasteiger partial charge in [0.15, 0.2) is 0 Å². The van der Waals surface area contributed by atoms with Gasteiger partial charge in [0, 0.05) is 0 Å². The molecule has 2 heterocycles. The summed E-state index contributed by atoms with van der Waals surface area (Å²) in [5.41, 5.74) is 0.422. The van der Waals surface area contributed by atoms with Crippen LogP contribution < -0.4 is 0 Å². The molecule has 0 spiro atoms. The fourth-order valence-electron chi connectivity index (χ4n) is 3.79. The fourth-order valence-corrected chi connectivity index (χ4v) is 3.79. The van der Waals surface area contributed by atoms with E-state index in [1.54, 1.807) is 0 Å². The zero-order valence-electron chi connectivity index (χ0n) is 16.5. The summed E-state index contributed by atoms with van der Waals surface area (Å²) >= 11 is 0. The van der Waals surface area contributed by atoms with Gasteiger partial charge in [0.05, 0.1) is 25.4 Å². The normalized spacial score (nSPS) is 22.8. The predicted molar refractivity (Wildman–Crippen MR) is 103 cm³/mol. The number of ether oxygens (including phenoxy) is 2. The maximum absolute atomic E-state index is 5.45. The summed E-state index contributed by atoms with van der Waals surface area (Å²) in [4.78, 5) is 0. The standard InChI is InChI=1S/C22H42O2/c1-22(2,21-19-24-21)17-15-13-11-9-7-5-3-4-6-8-10-12-14-16-20-18-23-20/h20-21H,3-19H2,1-2H3. The van der Waals surface area contributed by atoms with Crippen LogP contribution in [0.4, 0.5) is 0 Å². The average molecular weight is 339 g/mol. The van der Waals surface area contributed by atoms with Crippen molar-refractivity contribution in [3.63, 3.8) is 0 Å². The number of epoxide rings is 2. The van der Waals surface area contributed by atoms with Crippen LogP contribution in [0.2, 0.25) is 0 Å². The van der Waals surface area contributed by atoms with Crippen molar-refractivity contribution in [2.75, 3.05) is 13.2 Å². The van der Waals surface area contributed by atoms with Crippen molar-refractivity contribution in [3.8, 4) is 0 Å². The molecule has 2 nitrogen and oxygen atoms in total. The second-order valence-electron chi connectivity index (χ2n) is 8.90. The third kappa shape index (κ3) is 10.0. The first-order valence-electron chi connectivity index (χ1n) is 10.9. The van der Waals surface area contributed by atoms with Gasteiger partial charge >= 0.3 is 0 Å². The van der Waals surface area contributed by atoms with Crippen molar-refractivity contribution >= 4 is 0 Å². The highest BCUT2D eigenvalue weighted by molar-refractivity contribution is 4.86. The van der Waals surface area contributed by atoms with Gasteiger partial charge in [-0.3, -0.25) is 0 Å². The Morgan fingerprint density at radius 2 is 1.04 bits per heavy atom. The molecule has 0 radical (unpaired) electrons. The molecule has 2 fully saturated rings. The number of hydrogen-bond donors (Lipinski definition) is 0. The minimum atomic E-state index is 0.422. The highest BCUT2D eigenvalue weighted by Gasteiger charge is 2.38. The molecule has 0 aromatic heterocycles. The summed E-state index contributed by atoms with van der Waals surface area (Å²) in [5, 5.41) is 0. The summed E-state index contributed by atoms with van der Waals surface area (Å²) in [7, 11) is 0. The molecular formula is C22H42O2. The molecule has 2 heteroatoms. The Balaban J connectivity index is 1.22. The summed E-state index contributed by atoms with van der Waals surface area (Å²) < 4.78 is 10.7. The summed E-state index contributed by atoms with van der Waals surface area (Å²) in [6.45, 7) is 6.77. The maximum atomic E-state index is 5.45. The van der Waals surface area contributed by atoms with Crippen molar-refractivity contribution in [2.45, 2.75) is 122 Å². The smallest absolute Gasteiger partial charge is 0.0860 e. The molecule has 2 aliphatic heterocycles. The average Bonchev–Trinajstić information content (AvgIpc) is 3.43. The molecule has 2 unspecified atom stereocenters. The van der Waals surface area contributed by atoms with E-state index in [0.29, 0.717) is 17.6 Å². The molecule has 142 valence electrons. The van der Waals surface area contributed by atoms with Crippen molar-refractivity contribution in [2.24, 2.45) is 5.41 Å². The van der Waals surface area contributed by atoms with Gasteiger partial charge in [-0.25, -0.2) is 0 Å². The van der Waals surface area contributed by atoms with Crippen molar-refractivity contribution in [3.05, 3.63) is 0 Å². The Labute approximate surface area is 151 Å². The Morgan fingerprint density at radius 1 is 0.625 bits per heavy atom. The molecule has 0 aromatic carbocycles. The summed E-state index contributed by atoms with van der Waals surface area (Å²) in [6, 6.07) is 0. The van der Waals surface area contributed by atoms with Gasteiger partial charge in [-0.15, -0.1) is 0 Å². The Hall–Kier alpha value is -0.0800. The number of hydrogen-bond acceptors (Lipinski definition) is 2. The highest BCUT2D eigenvalue weighted by atomic mass is 16.6. The fraction of sp³-hybridized carbons (Fsp3) is 1.00. The molecular weight excluding hydrogens is 296 g/mol. The van der Waals surface area contributed by atoms with E-state index in [1.165, 1.54) is 96.3 Å². The predicted octanol–water partition coefficient (Wildman–Crippen LogP) is 6.66. The van der Waals surface area contributed by atoms with E-state index < -0.39 is 0 Å². The molecule has 2 saturated heterocycles. The minimum absolute atomic E-state index is 0.422. The van der Waals surface area contributed by atoms with E-state index in [9.17, 15) is 0 Å². The van der Waals surface area contributed by atoms with E-state index in [1.807, 2.05) is 0 Å². The van der Waals surface area contributed by atoms with Gasteiger partial charge < -0.3 is 9.47 Å². The zero-order chi connectivity index (χ0) is 17.1. The van der Waals surface area contributed by atoms with Gasteiger partial charge in [0.1, 0.15) is 0 Å². The second-order valence-corrected chi connectivity index (χ2v) is 8.90. The van der Waals surface area contributed by atoms with E-state index in [4.69, 9.17) is 9.47 Å². The molecule has 0 aliphatic carbocycles. The SMILES string of the molecule is CC(C)(CCCCCCCCCCCCCCCC1CO1)C1CO1. The summed E-state index contributed by atoms with van der Waals surface area (Å²) in [6.07, 6.45) is 22.5. The first kappa shape index (κ1) is 20.2. The van der Waals surface area contributed by atoms with E-state index in [-0.39, 0.29) is 0 Å². The molecule has 0 bridgehead atoms. The second kappa shape index (κ2) is 11.5. The molecule has 0 amide bonds. The molecule has 0 N–H and O–H groups in total. The van der Waals surface area contributed by atoms with Crippen LogP contribution in [-0.2, 0) is 9.47 Å². The van der Waals surface area contributed by atoms with Gasteiger partial charge in [-0.05, 0) is 18.3 Å². The maximum Gasteiger partial charge on any atom is 0.0860 e. The third-order valence-electron chi connectivity index (χ3n) is 5.95. The first-order valence-corrected chi connectivity index (χ1v) is 10.9. The van der Waals surface area contributed by atoms with Crippen molar-refractivity contribution in [1.82, 2.24) is 0 Å². The molecule has 0 aromatic rings. The number of unbranched alkanes of at least 4 members (excludes halogenated alkanes) is 12. The Bertz CT molecular complexity index is 305. The largest absolute Gasteiger partial charge is 0.373 e. The topological polar surface area (TPSA) is 25.1 Å².